The van der Waals surface area contributed by atoms with Gasteiger partial charge in [0.1, 0.15) is 11.1 Å². The van der Waals surface area contributed by atoms with Crippen LogP contribution < -0.4 is 5.32 Å². The molecule has 0 bridgehead atoms. The highest BCUT2D eigenvalue weighted by Crippen LogP contribution is 2.45. The highest BCUT2D eigenvalue weighted by atomic mass is 32.1. The molecule has 1 aliphatic carbocycles. The minimum atomic E-state index is 0.0254. The van der Waals surface area contributed by atoms with Crippen molar-refractivity contribution in [3.63, 3.8) is 0 Å². The van der Waals surface area contributed by atoms with E-state index in [2.05, 4.69) is 37.1 Å². The fourth-order valence-electron chi connectivity index (χ4n) is 4.41. The summed E-state index contributed by atoms with van der Waals surface area (Å²) in [5.41, 5.74) is 2.23. The maximum Gasteiger partial charge on any atom is 0.239 e. The van der Waals surface area contributed by atoms with Gasteiger partial charge in [0, 0.05) is 4.88 Å². The average molecular weight is 388 g/mol. The first kappa shape index (κ1) is 20.4. The van der Waals surface area contributed by atoms with E-state index in [-0.39, 0.29) is 5.91 Å². The largest absolute Gasteiger partial charge is 0.315 e. The Hall–Kier alpha value is -1.38. The first-order valence-electron chi connectivity index (χ1n) is 10.5. The summed E-state index contributed by atoms with van der Waals surface area (Å²) in [4.78, 5) is 16.2. The number of carbonyl (C=O) groups is 1. The zero-order valence-corrected chi connectivity index (χ0v) is 17.9. The molecule has 0 radical (unpaired) electrons. The van der Waals surface area contributed by atoms with Gasteiger partial charge >= 0.3 is 0 Å². The number of thiophene rings is 1. The van der Waals surface area contributed by atoms with E-state index in [1.807, 2.05) is 0 Å². The number of anilines is 1. The molecule has 3 rings (SSSR count). The van der Waals surface area contributed by atoms with Crippen molar-refractivity contribution < 1.29 is 4.79 Å². The lowest BCUT2D eigenvalue weighted by Crippen LogP contribution is -2.33. The molecule has 0 unspecified atom stereocenters. The van der Waals surface area contributed by atoms with Gasteiger partial charge in [0.15, 0.2) is 0 Å². The highest BCUT2D eigenvalue weighted by Gasteiger charge is 2.34. The third-order valence-electron chi connectivity index (χ3n) is 6.71. The first-order valence-corrected chi connectivity index (χ1v) is 11.3. The number of hydrogen-bond donors (Lipinski definition) is 1. The summed E-state index contributed by atoms with van der Waals surface area (Å²) in [6, 6.07) is 2.37. The van der Waals surface area contributed by atoms with Crippen molar-refractivity contribution in [2.45, 2.75) is 72.1 Å². The van der Waals surface area contributed by atoms with Crippen LogP contribution in [0.5, 0.6) is 0 Å². The van der Waals surface area contributed by atoms with Crippen LogP contribution in [0.15, 0.2) is 0 Å². The van der Waals surface area contributed by atoms with E-state index in [1.165, 1.54) is 42.5 Å². The van der Waals surface area contributed by atoms with Crippen molar-refractivity contribution >= 4 is 22.2 Å². The number of amides is 1. The van der Waals surface area contributed by atoms with E-state index in [9.17, 15) is 10.1 Å². The lowest BCUT2D eigenvalue weighted by atomic mass is 9.69. The second-order valence-corrected chi connectivity index (χ2v) is 9.95. The summed E-state index contributed by atoms with van der Waals surface area (Å²) in [5.74, 6) is 0.679. The van der Waals surface area contributed by atoms with Gasteiger partial charge < -0.3 is 5.32 Å². The topological polar surface area (TPSA) is 56.1 Å². The minimum Gasteiger partial charge on any atom is -0.315 e. The third kappa shape index (κ3) is 4.73. The number of fused-ring (bicyclic) bond motifs is 1. The Balaban J connectivity index is 1.70. The Labute approximate surface area is 167 Å². The molecule has 1 atom stereocenters. The second-order valence-electron chi connectivity index (χ2n) is 8.84. The van der Waals surface area contributed by atoms with Crippen LogP contribution >= 0.6 is 11.3 Å². The zero-order valence-electron chi connectivity index (χ0n) is 17.1. The van der Waals surface area contributed by atoms with Gasteiger partial charge in [0.05, 0.1) is 12.1 Å². The van der Waals surface area contributed by atoms with Gasteiger partial charge in [-0.3, -0.25) is 9.69 Å². The van der Waals surface area contributed by atoms with E-state index in [1.54, 1.807) is 11.3 Å². The van der Waals surface area contributed by atoms with Crippen molar-refractivity contribution in [2.75, 3.05) is 25.0 Å². The van der Waals surface area contributed by atoms with E-state index >= 15 is 0 Å². The van der Waals surface area contributed by atoms with Crippen LogP contribution in [0.3, 0.4) is 0 Å². The predicted molar refractivity (Wildman–Crippen MR) is 112 cm³/mol. The van der Waals surface area contributed by atoms with Gasteiger partial charge in [-0.2, -0.15) is 5.26 Å². The van der Waals surface area contributed by atoms with Crippen LogP contribution in [-0.4, -0.2) is 30.4 Å². The van der Waals surface area contributed by atoms with Gasteiger partial charge in [-0.1, -0.05) is 40.0 Å². The molecule has 1 N–H and O–H groups in total. The number of nitrogens with one attached hydrogen (secondary N) is 1. The van der Waals surface area contributed by atoms with Crippen LogP contribution in [0.2, 0.25) is 0 Å². The molecule has 0 aromatic carbocycles. The van der Waals surface area contributed by atoms with Crippen molar-refractivity contribution in [1.29, 1.82) is 5.26 Å². The standard InChI is InChI=1S/C22H33N3OS/c1-4-22(2,3)16-9-10-17-18(14-23)21(27-19(17)13-16)24-20(26)15-25-11-7-5-6-8-12-25/h16H,4-13,15H2,1-3H3,(H,24,26)/t16-/m1/s1. The normalized spacial score (nSPS) is 21.2. The van der Waals surface area contributed by atoms with Gasteiger partial charge in [-0.25, -0.2) is 0 Å². The number of likely N-dealkylation sites (tertiary alicyclic amines) is 1. The molecule has 148 valence electrons. The molecule has 1 saturated heterocycles. The average Bonchev–Trinajstić information content (AvgIpc) is 2.79. The molecular weight excluding hydrogens is 354 g/mol. The lowest BCUT2D eigenvalue weighted by molar-refractivity contribution is -0.117. The Morgan fingerprint density at radius 2 is 2.00 bits per heavy atom. The summed E-state index contributed by atoms with van der Waals surface area (Å²) < 4.78 is 0. The van der Waals surface area contributed by atoms with Gasteiger partial charge in [0.25, 0.3) is 0 Å². The molecule has 1 aromatic heterocycles. The molecule has 1 amide bonds. The van der Waals surface area contributed by atoms with Crippen molar-refractivity contribution in [1.82, 2.24) is 4.90 Å². The number of hydrogen-bond acceptors (Lipinski definition) is 4. The number of carbonyl (C=O) groups excluding carboxylic acids is 1. The maximum atomic E-state index is 12.6. The molecule has 2 heterocycles. The predicted octanol–water partition coefficient (Wildman–Crippen LogP) is 4.98. The van der Waals surface area contributed by atoms with Gasteiger partial charge in [0.2, 0.25) is 5.91 Å². The molecule has 1 aliphatic heterocycles. The minimum absolute atomic E-state index is 0.0254. The number of nitriles is 1. The Morgan fingerprint density at radius 3 is 2.63 bits per heavy atom. The third-order valence-corrected chi connectivity index (χ3v) is 7.88. The number of nitrogens with zero attached hydrogens (tertiary/aromatic N) is 2. The van der Waals surface area contributed by atoms with E-state index in [0.717, 1.165) is 37.4 Å². The summed E-state index contributed by atoms with van der Waals surface area (Å²) in [6.45, 7) is 9.43. The van der Waals surface area contributed by atoms with E-state index in [0.29, 0.717) is 23.4 Å². The summed E-state index contributed by atoms with van der Waals surface area (Å²) >= 11 is 1.64. The quantitative estimate of drug-likeness (QED) is 0.775. The van der Waals surface area contributed by atoms with Crippen LogP contribution in [0.25, 0.3) is 0 Å². The van der Waals surface area contributed by atoms with Gasteiger partial charge in [-0.15, -0.1) is 11.3 Å². The fraction of sp³-hybridized carbons (Fsp3) is 0.727. The molecule has 0 saturated carbocycles. The monoisotopic (exact) mass is 387 g/mol. The molecule has 2 aliphatic rings. The highest BCUT2D eigenvalue weighted by molar-refractivity contribution is 7.16. The molecular formula is C22H33N3OS. The summed E-state index contributed by atoms with van der Waals surface area (Å²) in [7, 11) is 0. The zero-order chi connectivity index (χ0) is 19.4. The van der Waals surface area contributed by atoms with Crippen LogP contribution in [0.1, 0.15) is 75.3 Å². The second kappa shape index (κ2) is 8.75. The molecule has 5 heteroatoms. The smallest absolute Gasteiger partial charge is 0.239 e. The molecule has 1 fully saturated rings. The SMILES string of the molecule is CCC(C)(C)[C@@H]1CCc2c(sc(NC(=O)CN3CCCCCC3)c2C#N)C1. The molecule has 4 nitrogen and oxygen atoms in total. The molecule has 0 spiro atoms. The molecule has 27 heavy (non-hydrogen) atoms. The summed E-state index contributed by atoms with van der Waals surface area (Å²) in [6.07, 6.45) is 9.20. The maximum absolute atomic E-state index is 12.6. The van der Waals surface area contributed by atoms with E-state index < -0.39 is 0 Å². The van der Waals surface area contributed by atoms with Crippen LogP contribution in [0, 0.1) is 22.7 Å². The molecule has 1 aromatic rings. The van der Waals surface area contributed by atoms with Gasteiger partial charge in [-0.05, 0) is 62.1 Å². The number of rotatable bonds is 5. The van der Waals surface area contributed by atoms with E-state index in [4.69, 9.17) is 0 Å². The summed E-state index contributed by atoms with van der Waals surface area (Å²) in [5, 5.41) is 13.5. The lowest BCUT2D eigenvalue weighted by Gasteiger charge is -2.36. The van der Waals surface area contributed by atoms with Crippen molar-refractivity contribution in [3.05, 3.63) is 16.0 Å². The first-order chi connectivity index (χ1) is 12.9. The van der Waals surface area contributed by atoms with Crippen LogP contribution in [-0.2, 0) is 17.6 Å². The Bertz CT molecular complexity index is 708. The Morgan fingerprint density at radius 1 is 1.30 bits per heavy atom. The van der Waals surface area contributed by atoms with Crippen molar-refractivity contribution in [3.8, 4) is 6.07 Å². The Kier molecular flexibility index (Phi) is 6.60. The van der Waals surface area contributed by atoms with Crippen molar-refractivity contribution in [2.24, 2.45) is 11.3 Å². The fourth-order valence-corrected chi connectivity index (χ4v) is 5.71. The van der Waals surface area contributed by atoms with Crippen LogP contribution in [0.4, 0.5) is 5.00 Å².